The van der Waals surface area contributed by atoms with Crippen molar-refractivity contribution in [2.24, 2.45) is 5.84 Å². The summed E-state index contributed by atoms with van der Waals surface area (Å²) in [5.74, 6) is 2.98. The van der Waals surface area contributed by atoms with Crippen molar-refractivity contribution in [3.8, 4) is 0 Å². The van der Waals surface area contributed by atoms with E-state index in [0.717, 1.165) is 6.07 Å². The van der Waals surface area contributed by atoms with Gasteiger partial charge in [0.25, 0.3) is 5.78 Å². The van der Waals surface area contributed by atoms with Gasteiger partial charge in [-0.05, 0) is 18.2 Å². The second-order valence-corrected chi connectivity index (χ2v) is 3.10. The molecule has 0 amide bonds. The molecule has 0 bridgehead atoms. The molecule has 3 N–H and O–H groups in total. The molecule has 0 saturated heterocycles. The van der Waals surface area contributed by atoms with Crippen molar-refractivity contribution in [1.82, 2.24) is 0 Å². The van der Waals surface area contributed by atoms with E-state index in [1.54, 1.807) is 0 Å². The highest BCUT2D eigenvalue weighted by atomic mass is 35.5. The molecule has 0 aliphatic heterocycles. The second kappa shape index (κ2) is 4.08. The normalized spacial score (nSPS) is 11.3. The summed E-state index contributed by atoms with van der Waals surface area (Å²) in [5.41, 5.74) is 1.27. The molecule has 0 radical (unpaired) electrons. The van der Waals surface area contributed by atoms with Crippen LogP contribution in [0.2, 0.25) is 5.02 Å². The van der Waals surface area contributed by atoms with Gasteiger partial charge in [0.15, 0.2) is 0 Å². The predicted molar refractivity (Wildman–Crippen MR) is 49.6 cm³/mol. The highest BCUT2D eigenvalue weighted by molar-refractivity contribution is 6.31. The molecule has 1 aromatic rings. The number of carbonyl (C=O) groups excluding carboxylic acids is 1. The number of nitrogens with one attached hydrogen (secondary N) is 1. The number of hydrogen-bond acceptors (Lipinski definition) is 3. The predicted octanol–water partition coefficient (Wildman–Crippen LogP) is 2.37. The Hall–Kier alpha value is -1.27. The lowest BCUT2D eigenvalue weighted by atomic mass is 10.1. The fraction of sp³-hybridized carbons (Fsp3) is 0.125. The van der Waals surface area contributed by atoms with Gasteiger partial charge in [0.1, 0.15) is 0 Å². The number of anilines is 1. The van der Waals surface area contributed by atoms with Crippen molar-refractivity contribution in [3.05, 3.63) is 28.8 Å². The highest BCUT2D eigenvalue weighted by Gasteiger charge is 2.40. The second-order valence-electron chi connectivity index (χ2n) is 2.66. The minimum Gasteiger partial charge on any atom is -0.323 e. The van der Waals surface area contributed by atoms with Crippen LogP contribution in [0.25, 0.3) is 0 Å². The highest BCUT2D eigenvalue weighted by Crippen LogP contribution is 2.27. The molecular formula is C8H6ClF3N2O. The van der Waals surface area contributed by atoms with Crippen molar-refractivity contribution >= 4 is 23.1 Å². The zero-order valence-electron chi connectivity index (χ0n) is 7.23. The summed E-state index contributed by atoms with van der Waals surface area (Å²) in [7, 11) is 0. The van der Waals surface area contributed by atoms with Gasteiger partial charge in [-0.25, -0.2) is 0 Å². The first-order chi connectivity index (χ1) is 6.86. The number of hydrazine groups is 1. The van der Waals surface area contributed by atoms with Crippen LogP contribution in [0.15, 0.2) is 18.2 Å². The van der Waals surface area contributed by atoms with Gasteiger partial charge in [-0.1, -0.05) is 11.6 Å². The lowest BCUT2D eigenvalue weighted by molar-refractivity contribution is -0.0884. The maximum absolute atomic E-state index is 12.1. The number of ketones is 1. The molecule has 0 heterocycles. The summed E-state index contributed by atoms with van der Waals surface area (Å²) in [4.78, 5) is 10.9. The van der Waals surface area contributed by atoms with E-state index >= 15 is 0 Å². The summed E-state index contributed by atoms with van der Waals surface area (Å²) in [6.45, 7) is 0. The molecule has 0 saturated carbocycles. The Labute approximate surface area is 88.0 Å². The van der Waals surface area contributed by atoms with E-state index in [1.165, 1.54) is 12.1 Å². The topological polar surface area (TPSA) is 55.1 Å². The largest absolute Gasteiger partial charge is 0.454 e. The first-order valence-electron chi connectivity index (χ1n) is 3.74. The summed E-state index contributed by atoms with van der Waals surface area (Å²) in [6, 6.07) is 3.43. The van der Waals surface area contributed by atoms with E-state index < -0.39 is 17.5 Å². The number of nitrogen functional groups attached to an aromatic ring is 1. The van der Waals surface area contributed by atoms with Crippen LogP contribution in [0.3, 0.4) is 0 Å². The third-order valence-corrected chi connectivity index (χ3v) is 1.87. The molecule has 82 valence electrons. The molecule has 3 nitrogen and oxygen atoms in total. The average molecular weight is 239 g/mol. The standard InChI is InChI=1S/C8H6ClF3N2O/c9-4-1-2-6(14-13)5(3-4)7(15)8(10,11)12/h1-3,14H,13H2. The molecule has 0 spiro atoms. The smallest absolute Gasteiger partial charge is 0.323 e. The van der Waals surface area contributed by atoms with Gasteiger partial charge in [-0.15, -0.1) is 0 Å². The third-order valence-electron chi connectivity index (χ3n) is 1.64. The molecule has 0 aliphatic rings. The monoisotopic (exact) mass is 238 g/mol. The van der Waals surface area contributed by atoms with Crippen LogP contribution < -0.4 is 11.3 Å². The minimum absolute atomic E-state index is 0.0293. The molecule has 15 heavy (non-hydrogen) atoms. The zero-order valence-corrected chi connectivity index (χ0v) is 7.99. The van der Waals surface area contributed by atoms with E-state index in [0.29, 0.717) is 0 Å². The summed E-state index contributed by atoms with van der Waals surface area (Å²) >= 11 is 5.48. The lowest BCUT2D eigenvalue weighted by Gasteiger charge is -2.10. The first kappa shape index (κ1) is 11.8. The van der Waals surface area contributed by atoms with Crippen LogP contribution in [0, 0.1) is 0 Å². The Morgan fingerprint density at radius 3 is 2.47 bits per heavy atom. The molecule has 0 aromatic heterocycles. The van der Waals surface area contributed by atoms with Gasteiger partial charge in [0.05, 0.1) is 11.3 Å². The zero-order chi connectivity index (χ0) is 11.6. The number of Topliss-reactive ketones (excluding diaryl/α,β-unsaturated/α-hetero) is 1. The van der Waals surface area contributed by atoms with E-state index in [9.17, 15) is 18.0 Å². The van der Waals surface area contributed by atoms with Crippen molar-refractivity contribution in [2.45, 2.75) is 6.18 Å². The van der Waals surface area contributed by atoms with Crippen LogP contribution in [-0.2, 0) is 0 Å². The van der Waals surface area contributed by atoms with Gasteiger partial charge < -0.3 is 5.43 Å². The summed E-state index contributed by atoms with van der Waals surface area (Å²) < 4.78 is 36.4. The van der Waals surface area contributed by atoms with Gasteiger partial charge in [0, 0.05) is 5.02 Å². The fourth-order valence-corrected chi connectivity index (χ4v) is 1.15. The molecule has 0 aliphatic carbocycles. The van der Waals surface area contributed by atoms with Crippen molar-refractivity contribution in [3.63, 3.8) is 0 Å². The molecule has 0 unspecified atom stereocenters. The SMILES string of the molecule is NNc1ccc(Cl)cc1C(=O)C(F)(F)F. The van der Waals surface area contributed by atoms with Crippen molar-refractivity contribution in [1.29, 1.82) is 0 Å². The maximum atomic E-state index is 12.1. The molecular weight excluding hydrogens is 233 g/mol. The van der Waals surface area contributed by atoms with Crippen molar-refractivity contribution in [2.75, 3.05) is 5.43 Å². The maximum Gasteiger partial charge on any atom is 0.454 e. The van der Waals surface area contributed by atoms with Crippen LogP contribution in [0.5, 0.6) is 0 Å². The van der Waals surface area contributed by atoms with Gasteiger partial charge in [-0.3, -0.25) is 10.6 Å². The Bertz CT molecular complexity index is 392. The molecule has 1 aromatic carbocycles. The molecule has 1 rings (SSSR count). The third kappa shape index (κ3) is 2.60. The van der Waals surface area contributed by atoms with Crippen LogP contribution >= 0.6 is 11.6 Å². The Morgan fingerprint density at radius 1 is 1.40 bits per heavy atom. The number of rotatable bonds is 2. The summed E-state index contributed by atoms with van der Waals surface area (Å²) in [5, 5.41) is 0.0293. The van der Waals surface area contributed by atoms with Crippen LogP contribution in [0.4, 0.5) is 18.9 Å². The number of nitrogens with two attached hydrogens (primary N) is 1. The van der Waals surface area contributed by atoms with E-state index in [1.807, 2.05) is 5.43 Å². The van der Waals surface area contributed by atoms with Gasteiger partial charge in [-0.2, -0.15) is 13.2 Å². The van der Waals surface area contributed by atoms with E-state index in [-0.39, 0.29) is 10.7 Å². The fourth-order valence-electron chi connectivity index (χ4n) is 0.983. The van der Waals surface area contributed by atoms with E-state index in [4.69, 9.17) is 17.4 Å². The number of benzene rings is 1. The average Bonchev–Trinajstić information content (AvgIpc) is 2.15. The van der Waals surface area contributed by atoms with E-state index in [2.05, 4.69) is 0 Å². The Kier molecular flexibility index (Phi) is 3.21. The number of alkyl halides is 3. The van der Waals surface area contributed by atoms with Crippen LogP contribution in [0.1, 0.15) is 10.4 Å². The minimum atomic E-state index is -4.95. The molecule has 7 heteroatoms. The van der Waals surface area contributed by atoms with Gasteiger partial charge >= 0.3 is 6.18 Å². The van der Waals surface area contributed by atoms with Crippen molar-refractivity contribution < 1.29 is 18.0 Å². The number of carbonyl (C=O) groups is 1. The number of hydrogen-bond donors (Lipinski definition) is 2. The molecule has 0 atom stereocenters. The lowest BCUT2D eigenvalue weighted by Crippen LogP contribution is -2.24. The number of halogens is 4. The molecule has 0 fully saturated rings. The Balaban J connectivity index is 3.23. The quantitative estimate of drug-likeness (QED) is 0.472. The van der Waals surface area contributed by atoms with Gasteiger partial charge in [0.2, 0.25) is 0 Å². The Morgan fingerprint density at radius 2 is 2.00 bits per heavy atom. The summed E-state index contributed by atoms with van der Waals surface area (Å²) in [6.07, 6.45) is -4.95. The van der Waals surface area contributed by atoms with Crippen LogP contribution in [-0.4, -0.2) is 12.0 Å². The first-order valence-corrected chi connectivity index (χ1v) is 4.11.